The van der Waals surface area contributed by atoms with E-state index in [-0.39, 0.29) is 5.91 Å². The molecule has 0 bridgehead atoms. The van der Waals surface area contributed by atoms with Crippen LogP contribution in [0.5, 0.6) is 0 Å². The fraction of sp³-hybridized carbons (Fsp3) is 0.318. The molecule has 30 heavy (non-hydrogen) atoms. The van der Waals surface area contributed by atoms with Gasteiger partial charge in [-0.2, -0.15) is 0 Å². The average Bonchev–Trinajstić information content (AvgIpc) is 3.43. The molecule has 7 nitrogen and oxygen atoms in total. The van der Waals surface area contributed by atoms with Gasteiger partial charge in [0.25, 0.3) is 5.91 Å². The number of amides is 1. The third kappa shape index (κ3) is 3.27. The molecule has 154 valence electrons. The predicted molar refractivity (Wildman–Crippen MR) is 120 cm³/mol. The molecule has 8 heteroatoms. The minimum Gasteiger partial charge on any atom is -0.341 e. The van der Waals surface area contributed by atoms with Crippen molar-refractivity contribution in [3.63, 3.8) is 0 Å². The van der Waals surface area contributed by atoms with Crippen LogP contribution < -0.4 is 4.90 Å². The number of aryl methyl sites for hydroxylation is 1. The Hall–Kier alpha value is -3.13. The maximum absolute atomic E-state index is 13.3. The summed E-state index contributed by atoms with van der Waals surface area (Å²) in [5.74, 6) is 0.977. The molecule has 0 saturated carbocycles. The van der Waals surface area contributed by atoms with Gasteiger partial charge in [-0.1, -0.05) is 12.1 Å². The first-order chi connectivity index (χ1) is 14.6. The molecule has 3 aromatic heterocycles. The van der Waals surface area contributed by atoms with Crippen LogP contribution in [-0.2, 0) is 0 Å². The molecule has 4 aromatic rings. The number of aromatic amines is 1. The average molecular weight is 421 g/mol. The van der Waals surface area contributed by atoms with Crippen molar-refractivity contribution in [3.05, 3.63) is 58.9 Å². The number of carbonyl (C=O) groups excluding carboxylic acids is 1. The molecule has 0 radical (unpaired) electrons. The molecule has 5 rings (SSSR count). The van der Waals surface area contributed by atoms with Crippen LogP contribution in [0.1, 0.15) is 28.2 Å². The van der Waals surface area contributed by atoms with Gasteiger partial charge in [-0.3, -0.25) is 9.36 Å². The van der Waals surface area contributed by atoms with Crippen molar-refractivity contribution in [1.29, 1.82) is 0 Å². The Bertz CT molecular complexity index is 1160. The third-order valence-electron chi connectivity index (χ3n) is 5.73. The van der Waals surface area contributed by atoms with Crippen molar-refractivity contribution < 1.29 is 4.79 Å². The van der Waals surface area contributed by atoms with Gasteiger partial charge >= 0.3 is 0 Å². The number of nitrogens with zero attached hydrogens (tertiary/aromatic N) is 5. The van der Waals surface area contributed by atoms with Crippen LogP contribution in [-0.4, -0.2) is 56.5 Å². The number of carbonyl (C=O) groups is 1. The normalized spacial score (nSPS) is 15.0. The van der Waals surface area contributed by atoms with E-state index in [2.05, 4.69) is 19.4 Å². The van der Waals surface area contributed by atoms with Gasteiger partial charge < -0.3 is 14.8 Å². The van der Waals surface area contributed by atoms with E-state index in [1.54, 1.807) is 17.5 Å². The summed E-state index contributed by atoms with van der Waals surface area (Å²) < 4.78 is 2.07. The van der Waals surface area contributed by atoms with Crippen LogP contribution >= 0.6 is 11.3 Å². The number of hydrogen-bond donors (Lipinski definition) is 1. The summed E-state index contributed by atoms with van der Waals surface area (Å²) in [4.78, 5) is 30.1. The van der Waals surface area contributed by atoms with Crippen molar-refractivity contribution in [1.82, 2.24) is 24.4 Å². The topological polar surface area (TPSA) is 70.1 Å². The van der Waals surface area contributed by atoms with Crippen LogP contribution in [0.15, 0.2) is 41.9 Å². The van der Waals surface area contributed by atoms with E-state index in [9.17, 15) is 4.79 Å². The number of fused-ring (bicyclic) bond motifs is 1. The number of rotatable bonds is 3. The van der Waals surface area contributed by atoms with E-state index >= 15 is 0 Å². The number of imidazole rings is 1. The maximum atomic E-state index is 13.3. The molecule has 4 heterocycles. The van der Waals surface area contributed by atoms with E-state index in [4.69, 9.17) is 4.98 Å². The number of para-hydroxylation sites is 2. The number of anilines is 1. The van der Waals surface area contributed by atoms with Crippen LogP contribution in [0, 0.1) is 13.8 Å². The lowest BCUT2D eigenvalue weighted by molar-refractivity contribution is 0.0766. The summed E-state index contributed by atoms with van der Waals surface area (Å²) in [5.41, 5.74) is 4.76. The monoisotopic (exact) mass is 420 g/mol. The summed E-state index contributed by atoms with van der Waals surface area (Å²) in [7, 11) is 0. The summed E-state index contributed by atoms with van der Waals surface area (Å²) in [6.45, 7) is 7.09. The predicted octanol–water partition coefficient (Wildman–Crippen LogP) is 3.78. The summed E-state index contributed by atoms with van der Waals surface area (Å²) in [5, 5.41) is 2.85. The van der Waals surface area contributed by atoms with Crippen molar-refractivity contribution in [2.75, 3.05) is 31.1 Å². The zero-order valence-electron chi connectivity index (χ0n) is 17.1. The second-order valence-corrected chi connectivity index (χ2v) is 8.52. The van der Waals surface area contributed by atoms with E-state index in [1.165, 1.54) is 0 Å². The van der Waals surface area contributed by atoms with Gasteiger partial charge in [0.05, 0.1) is 16.6 Å². The van der Waals surface area contributed by atoms with Gasteiger partial charge in [0.15, 0.2) is 5.13 Å². The van der Waals surface area contributed by atoms with Crippen molar-refractivity contribution >= 4 is 34.2 Å². The highest BCUT2D eigenvalue weighted by atomic mass is 32.1. The molecule has 0 spiro atoms. The minimum atomic E-state index is 0.0948. The first-order valence-corrected chi connectivity index (χ1v) is 11.1. The molecular weight excluding hydrogens is 396 g/mol. The molecule has 1 amide bonds. The third-order valence-corrected chi connectivity index (χ3v) is 6.49. The molecule has 1 aromatic carbocycles. The summed E-state index contributed by atoms with van der Waals surface area (Å²) in [6.07, 6.45) is 2.70. The molecule has 1 N–H and O–H groups in total. The zero-order chi connectivity index (χ0) is 20.7. The van der Waals surface area contributed by atoms with E-state index in [0.717, 1.165) is 65.1 Å². The largest absolute Gasteiger partial charge is 0.341 e. The number of benzene rings is 1. The highest BCUT2D eigenvalue weighted by Crippen LogP contribution is 2.24. The fourth-order valence-corrected chi connectivity index (χ4v) is 4.94. The lowest BCUT2D eigenvalue weighted by Crippen LogP contribution is -2.35. The SMILES string of the molecule is Cc1cc(C(=O)N2CCCN(c3nc4ccccc4[nH]3)CC2)c(C)n1-c1nccs1. The highest BCUT2D eigenvalue weighted by Gasteiger charge is 2.25. The number of nitrogens with one attached hydrogen (secondary N) is 1. The first kappa shape index (κ1) is 18.9. The minimum absolute atomic E-state index is 0.0948. The number of H-pyrrole nitrogens is 1. The smallest absolute Gasteiger partial charge is 0.255 e. The van der Waals surface area contributed by atoms with Crippen LogP contribution in [0.3, 0.4) is 0 Å². The Morgan fingerprint density at radius 2 is 2.00 bits per heavy atom. The fourth-order valence-electron chi connectivity index (χ4n) is 4.19. The van der Waals surface area contributed by atoms with Crippen LogP contribution in [0.4, 0.5) is 5.95 Å². The number of hydrogen-bond acceptors (Lipinski definition) is 5. The van der Waals surface area contributed by atoms with Crippen molar-refractivity contribution in [3.8, 4) is 5.13 Å². The molecular formula is C22H24N6OS. The zero-order valence-corrected chi connectivity index (χ0v) is 17.9. The Morgan fingerprint density at radius 1 is 1.13 bits per heavy atom. The van der Waals surface area contributed by atoms with Gasteiger partial charge in [-0.25, -0.2) is 9.97 Å². The molecule has 1 fully saturated rings. The van der Waals surface area contributed by atoms with Crippen LogP contribution in [0.2, 0.25) is 0 Å². The number of aromatic nitrogens is 4. The van der Waals surface area contributed by atoms with E-state index < -0.39 is 0 Å². The molecule has 1 saturated heterocycles. The van der Waals surface area contributed by atoms with Gasteiger partial charge in [0, 0.05) is 49.1 Å². The standard InChI is InChI=1S/C22H24N6OS/c1-15-14-17(16(2)28(15)22-23-8-13-30-22)20(29)26-9-5-10-27(12-11-26)21-24-18-6-3-4-7-19(18)25-21/h3-4,6-8,13-14H,5,9-12H2,1-2H3,(H,24,25). The lowest BCUT2D eigenvalue weighted by atomic mass is 10.2. The van der Waals surface area contributed by atoms with Crippen molar-refractivity contribution in [2.45, 2.75) is 20.3 Å². The van der Waals surface area contributed by atoms with E-state index in [1.807, 2.05) is 54.5 Å². The summed E-state index contributed by atoms with van der Waals surface area (Å²) in [6, 6.07) is 10.0. The Morgan fingerprint density at radius 3 is 2.80 bits per heavy atom. The van der Waals surface area contributed by atoms with Crippen molar-refractivity contribution in [2.24, 2.45) is 0 Å². The molecule has 1 aliphatic rings. The molecule has 0 unspecified atom stereocenters. The quantitative estimate of drug-likeness (QED) is 0.548. The van der Waals surface area contributed by atoms with Gasteiger partial charge in [0.1, 0.15) is 0 Å². The lowest BCUT2D eigenvalue weighted by Gasteiger charge is -2.22. The Labute approximate surface area is 179 Å². The first-order valence-electron chi connectivity index (χ1n) is 10.2. The second kappa shape index (κ2) is 7.60. The molecule has 1 aliphatic heterocycles. The Kier molecular flexibility index (Phi) is 4.78. The highest BCUT2D eigenvalue weighted by molar-refractivity contribution is 7.12. The Balaban J connectivity index is 1.35. The second-order valence-electron chi connectivity index (χ2n) is 7.65. The molecule has 0 aliphatic carbocycles. The molecule has 0 atom stereocenters. The van der Waals surface area contributed by atoms with Gasteiger partial charge in [-0.15, -0.1) is 11.3 Å². The van der Waals surface area contributed by atoms with E-state index in [0.29, 0.717) is 6.54 Å². The van der Waals surface area contributed by atoms with Gasteiger partial charge in [0.2, 0.25) is 5.95 Å². The number of thiazole rings is 1. The van der Waals surface area contributed by atoms with Gasteiger partial charge in [-0.05, 0) is 38.5 Å². The maximum Gasteiger partial charge on any atom is 0.255 e. The van der Waals surface area contributed by atoms with Crippen LogP contribution in [0.25, 0.3) is 16.2 Å². The summed E-state index contributed by atoms with van der Waals surface area (Å²) >= 11 is 1.58.